The van der Waals surface area contributed by atoms with Crippen molar-refractivity contribution in [3.05, 3.63) is 58.1 Å². The summed E-state index contributed by atoms with van der Waals surface area (Å²) >= 11 is 0. The average molecular weight is 431 g/mol. The molecule has 2 aromatic heterocycles. The molecular weight excluding hydrogens is 404 g/mol. The van der Waals surface area contributed by atoms with Gasteiger partial charge in [-0.1, -0.05) is 0 Å². The quantitative estimate of drug-likeness (QED) is 0.538. The van der Waals surface area contributed by atoms with Crippen LogP contribution in [0.25, 0.3) is 11.0 Å². The first-order valence-electron chi connectivity index (χ1n) is 9.74. The summed E-state index contributed by atoms with van der Waals surface area (Å²) in [5.74, 6) is 0.720. The summed E-state index contributed by atoms with van der Waals surface area (Å²) in [6.45, 7) is 11.0. The largest absolute Gasteiger partial charge is 0.439 e. The second-order valence-electron chi connectivity index (χ2n) is 7.77. The van der Waals surface area contributed by atoms with Crippen LogP contribution in [0.3, 0.4) is 0 Å². The van der Waals surface area contributed by atoms with Crippen molar-refractivity contribution in [3.8, 4) is 11.6 Å². The molecule has 2 heterocycles. The zero-order chi connectivity index (χ0) is 22.2. The third-order valence-electron chi connectivity index (χ3n) is 4.84. The molecule has 3 rings (SSSR count). The van der Waals surface area contributed by atoms with Crippen molar-refractivity contribution >= 4 is 21.0 Å². The van der Waals surface area contributed by atoms with E-state index in [2.05, 4.69) is 4.98 Å². The molecule has 0 saturated carbocycles. The third kappa shape index (κ3) is 4.11. The number of hydrogen-bond donors (Lipinski definition) is 0. The van der Waals surface area contributed by atoms with Crippen LogP contribution in [0.5, 0.6) is 11.6 Å². The predicted octanol–water partition coefficient (Wildman–Crippen LogP) is 4.40. The molecule has 0 aliphatic rings. The summed E-state index contributed by atoms with van der Waals surface area (Å²) in [5.41, 5.74) is 1.52. The minimum atomic E-state index is -3.67. The standard InChI is InChI=1S/C22H26N2O5S/c1-13(2)24(14(3)4)30(26,27)17-7-10-20(23-12-17)28-19-9-8-18-15(5)11-21(25)29-22(18)16(19)6/h7-14H,1-6H3. The number of sulfonamides is 1. The number of fused-ring (bicyclic) bond motifs is 1. The van der Waals surface area contributed by atoms with Gasteiger partial charge in [-0.05, 0) is 65.3 Å². The van der Waals surface area contributed by atoms with Gasteiger partial charge in [-0.15, -0.1) is 0 Å². The Kier molecular flexibility index (Phi) is 6.01. The molecule has 0 bridgehead atoms. The van der Waals surface area contributed by atoms with E-state index in [9.17, 15) is 13.2 Å². The molecule has 0 amide bonds. The van der Waals surface area contributed by atoms with Gasteiger partial charge >= 0.3 is 5.63 Å². The molecule has 0 fully saturated rings. The highest BCUT2D eigenvalue weighted by Crippen LogP contribution is 2.31. The Morgan fingerprint density at radius 3 is 2.27 bits per heavy atom. The third-order valence-corrected chi connectivity index (χ3v) is 7.07. The van der Waals surface area contributed by atoms with Gasteiger partial charge in [0, 0.05) is 35.2 Å². The van der Waals surface area contributed by atoms with Gasteiger partial charge < -0.3 is 9.15 Å². The first kappa shape index (κ1) is 22.0. The maximum Gasteiger partial charge on any atom is 0.336 e. The summed E-state index contributed by atoms with van der Waals surface area (Å²) in [6, 6.07) is 7.68. The number of pyridine rings is 1. The Morgan fingerprint density at radius 2 is 1.70 bits per heavy atom. The Hall–Kier alpha value is -2.71. The van der Waals surface area contributed by atoms with Crippen molar-refractivity contribution in [3.63, 3.8) is 0 Å². The first-order chi connectivity index (χ1) is 14.0. The fourth-order valence-electron chi connectivity index (χ4n) is 3.58. The Balaban J connectivity index is 1.93. The minimum Gasteiger partial charge on any atom is -0.439 e. The lowest BCUT2D eigenvalue weighted by molar-refractivity contribution is 0.302. The fraction of sp³-hybridized carbons (Fsp3) is 0.364. The number of aryl methyl sites for hydroxylation is 2. The topological polar surface area (TPSA) is 89.7 Å². The number of hydrogen-bond acceptors (Lipinski definition) is 6. The maximum absolute atomic E-state index is 13.0. The van der Waals surface area contributed by atoms with Crippen molar-refractivity contribution in [2.75, 3.05) is 0 Å². The summed E-state index contributed by atoms with van der Waals surface area (Å²) in [6.07, 6.45) is 1.29. The maximum atomic E-state index is 13.0. The van der Waals surface area contributed by atoms with Crippen LogP contribution in [-0.4, -0.2) is 29.8 Å². The molecule has 0 aliphatic carbocycles. The molecule has 0 aliphatic heterocycles. The van der Waals surface area contributed by atoms with Crippen LogP contribution in [0, 0.1) is 13.8 Å². The van der Waals surface area contributed by atoms with Gasteiger partial charge in [-0.25, -0.2) is 18.2 Å². The van der Waals surface area contributed by atoms with Gasteiger partial charge in [-0.2, -0.15) is 4.31 Å². The van der Waals surface area contributed by atoms with Crippen molar-refractivity contribution in [2.24, 2.45) is 0 Å². The number of aromatic nitrogens is 1. The summed E-state index contributed by atoms with van der Waals surface area (Å²) in [5, 5.41) is 0.830. The zero-order valence-corrected chi connectivity index (χ0v) is 18.8. The van der Waals surface area contributed by atoms with Crippen LogP contribution in [0.2, 0.25) is 0 Å². The molecule has 0 N–H and O–H groups in total. The molecule has 7 nitrogen and oxygen atoms in total. The van der Waals surface area contributed by atoms with Gasteiger partial charge in [-0.3, -0.25) is 0 Å². The molecule has 160 valence electrons. The summed E-state index contributed by atoms with van der Waals surface area (Å²) in [7, 11) is -3.67. The normalized spacial score (nSPS) is 12.3. The lowest BCUT2D eigenvalue weighted by Crippen LogP contribution is -2.41. The molecule has 0 saturated heterocycles. The highest BCUT2D eigenvalue weighted by atomic mass is 32.2. The molecule has 3 aromatic rings. The molecular formula is C22H26N2O5S. The molecule has 30 heavy (non-hydrogen) atoms. The smallest absolute Gasteiger partial charge is 0.336 e. The Labute approximate surface area is 176 Å². The number of ether oxygens (including phenoxy) is 1. The van der Waals surface area contributed by atoms with Crippen molar-refractivity contribution in [1.29, 1.82) is 0 Å². The van der Waals surface area contributed by atoms with Gasteiger partial charge in [0.15, 0.2) is 0 Å². The van der Waals surface area contributed by atoms with Crippen molar-refractivity contribution in [2.45, 2.75) is 58.5 Å². The molecule has 0 atom stereocenters. The van der Waals surface area contributed by atoms with Crippen LogP contribution in [-0.2, 0) is 10.0 Å². The highest BCUT2D eigenvalue weighted by Gasteiger charge is 2.29. The second-order valence-corrected chi connectivity index (χ2v) is 9.61. The Morgan fingerprint density at radius 1 is 1.03 bits per heavy atom. The van der Waals surface area contributed by atoms with E-state index in [1.165, 1.54) is 28.7 Å². The average Bonchev–Trinajstić information content (AvgIpc) is 2.64. The van der Waals surface area contributed by atoms with Crippen LogP contribution < -0.4 is 10.4 Å². The van der Waals surface area contributed by atoms with Crippen LogP contribution in [0.1, 0.15) is 38.8 Å². The van der Waals surface area contributed by atoms with E-state index in [4.69, 9.17) is 9.15 Å². The fourth-order valence-corrected chi connectivity index (χ4v) is 5.36. The molecule has 1 aromatic carbocycles. The van der Waals surface area contributed by atoms with Gasteiger partial charge in [0.1, 0.15) is 16.2 Å². The SMILES string of the molecule is Cc1cc(=O)oc2c(C)c(Oc3ccc(S(=O)(=O)N(C(C)C)C(C)C)cn3)ccc12. The zero-order valence-electron chi connectivity index (χ0n) is 18.0. The second kappa shape index (κ2) is 8.20. The van der Waals surface area contributed by atoms with Gasteiger partial charge in [0.25, 0.3) is 0 Å². The minimum absolute atomic E-state index is 0.106. The van der Waals surface area contributed by atoms with E-state index >= 15 is 0 Å². The summed E-state index contributed by atoms with van der Waals surface area (Å²) in [4.78, 5) is 16.0. The van der Waals surface area contributed by atoms with E-state index in [1.807, 2.05) is 40.7 Å². The lowest BCUT2D eigenvalue weighted by atomic mass is 10.1. The molecule has 0 radical (unpaired) electrons. The number of nitrogens with zero attached hydrogens (tertiary/aromatic N) is 2. The van der Waals surface area contributed by atoms with Gasteiger partial charge in [0.05, 0.1) is 6.20 Å². The van der Waals surface area contributed by atoms with E-state index in [-0.39, 0.29) is 22.9 Å². The number of benzene rings is 1. The molecule has 8 heteroatoms. The van der Waals surface area contributed by atoms with E-state index in [0.717, 1.165) is 10.9 Å². The van der Waals surface area contributed by atoms with Crippen LogP contribution >= 0.6 is 0 Å². The van der Waals surface area contributed by atoms with Crippen molar-refractivity contribution < 1.29 is 17.6 Å². The van der Waals surface area contributed by atoms with Crippen molar-refractivity contribution in [1.82, 2.24) is 9.29 Å². The van der Waals surface area contributed by atoms with E-state index in [1.54, 1.807) is 13.0 Å². The predicted molar refractivity (Wildman–Crippen MR) is 116 cm³/mol. The summed E-state index contributed by atoms with van der Waals surface area (Å²) < 4.78 is 38.5. The van der Waals surface area contributed by atoms with Crippen LogP contribution in [0.4, 0.5) is 0 Å². The van der Waals surface area contributed by atoms with Crippen LogP contribution in [0.15, 0.2) is 50.6 Å². The first-order valence-corrected chi connectivity index (χ1v) is 11.2. The molecule has 0 spiro atoms. The number of rotatable bonds is 6. The highest BCUT2D eigenvalue weighted by molar-refractivity contribution is 7.89. The van der Waals surface area contributed by atoms with E-state index in [0.29, 0.717) is 16.9 Å². The Bertz CT molecular complexity index is 1220. The van der Waals surface area contributed by atoms with Gasteiger partial charge in [0.2, 0.25) is 15.9 Å². The molecule has 0 unspecified atom stereocenters. The lowest BCUT2D eigenvalue weighted by Gasteiger charge is -2.29. The van der Waals surface area contributed by atoms with E-state index < -0.39 is 15.6 Å². The monoisotopic (exact) mass is 430 g/mol.